The number of halogens is 1. The van der Waals surface area contributed by atoms with Gasteiger partial charge in [0, 0.05) is 18.4 Å². The highest BCUT2D eigenvalue weighted by atomic mass is 35.5. The Bertz CT molecular complexity index is 356. The number of anilines is 1. The third-order valence-corrected chi connectivity index (χ3v) is 3.96. The molecule has 0 spiro atoms. The zero-order valence-electron chi connectivity index (χ0n) is 9.78. The standard InChI is InChI=1S/C12H18ClN3/c1-8-4-3-5-10(9(8)2)16-12-11(13)14-6-7-15-12/h6-10H,3-5H2,1-2H3,(H,15,16). The van der Waals surface area contributed by atoms with Crippen molar-refractivity contribution >= 4 is 17.4 Å². The van der Waals surface area contributed by atoms with Crippen LogP contribution in [0.1, 0.15) is 33.1 Å². The molecule has 0 bridgehead atoms. The predicted octanol–water partition coefficient (Wildman–Crippen LogP) is 3.37. The maximum atomic E-state index is 5.99. The molecule has 1 N–H and O–H groups in total. The summed E-state index contributed by atoms with van der Waals surface area (Å²) < 4.78 is 0. The summed E-state index contributed by atoms with van der Waals surface area (Å²) in [4.78, 5) is 8.26. The van der Waals surface area contributed by atoms with Crippen LogP contribution in [-0.4, -0.2) is 16.0 Å². The first-order valence-electron chi connectivity index (χ1n) is 5.91. The van der Waals surface area contributed by atoms with E-state index in [9.17, 15) is 0 Å². The number of rotatable bonds is 2. The maximum Gasteiger partial charge on any atom is 0.171 e. The van der Waals surface area contributed by atoms with Gasteiger partial charge in [0.25, 0.3) is 0 Å². The zero-order valence-corrected chi connectivity index (χ0v) is 10.5. The normalized spacial score (nSPS) is 30.1. The van der Waals surface area contributed by atoms with Gasteiger partial charge in [-0.1, -0.05) is 38.3 Å². The van der Waals surface area contributed by atoms with Crippen molar-refractivity contribution in [1.29, 1.82) is 0 Å². The molecule has 0 saturated heterocycles. The van der Waals surface area contributed by atoms with Crippen LogP contribution in [0.2, 0.25) is 5.15 Å². The summed E-state index contributed by atoms with van der Waals surface area (Å²) in [5.41, 5.74) is 0. The average molecular weight is 240 g/mol. The van der Waals surface area contributed by atoms with E-state index in [0.29, 0.717) is 17.1 Å². The van der Waals surface area contributed by atoms with Gasteiger partial charge in [-0.25, -0.2) is 9.97 Å². The molecule has 3 atom stereocenters. The molecule has 1 heterocycles. The SMILES string of the molecule is CC1CCCC(Nc2nccnc2Cl)C1C. The minimum atomic E-state index is 0.466. The van der Waals surface area contributed by atoms with Gasteiger partial charge in [0.05, 0.1) is 0 Å². The van der Waals surface area contributed by atoms with E-state index >= 15 is 0 Å². The topological polar surface area (TPSA) is 37.8 Å². The molecule has 88 valence electrons. The van der Waals surface area contributed by atoms with Crippen LogP contribution >= 0.6 is 11.6 Å². The van der Waals surface area contributed by atoms with E-state index in [1.807, 2.05) is 0 Å². The Balaban J connectivity index is 2.06. The molecule has 0 aliphatic heterocycles. The first kappa shape index (κ1) is 11.6. The van der Waals surface area contributed by atoms with Crippen LogP contribution in [0.5, 0.6) is 0 Å². The van der Waals surface area contributed by atoms with Gasteiger partial charge in [-0.15, -0.1) is 0 Å². The van der Waals surface area contributed by atoms with Crippen LogP contribution in [-0.2, 0) is 0 Å². The second-order valence-electron chi connectivity index (χ2n) is 4.71. The Morgan fingerprint density at radius 3 is 2.75 bits per heavy atom. The zero-order chi connectivity index (χ0) is 11.5. The molecule has 1 aliphatic carbocycles. The number of hydrogen-bond donors (Lipinski definition) is 1. The van der Waals surface area contributed by atoms with E-state index in [4.69, 9.17) is 11.6 Å². The second kappa shape index (κ2) is 5.00. The van der Waals surface area contributed by atoms with Gasteiger partial charge in [-0.2, -0.15) is 0 Å². The molecule has 3 unspecified atom stereocenters. The molecule has 16 heavy (non-hydrogen) atoms. The quantitative estimate of drug-likeness (QED) is 0.860. The highest BCUT2D eigenvalue weighted by Gasteiger charge is 2.27. The third-order valence-electron chi connectivity index (χ3n) is 3.68. The third kappa shape index (κ3) is 2.46. The summed E-state index contributed by atoms with van der Waals surface area (Å²) >= 11 is 5.99. The van der Waals surface area contributed by atoms with E-state index in [1.165, 1.54) is 19.3 Å². The van der Waals surface area contributed by atoms with Crippen molar-refractivity contribution in [3.05, 3.63) is 17.5 Å². The molecule has 0 amide bonds. The second-order valence-corrected chi connectivity index (χ2v) is 5.07. The van der Waals surface area contributed by atoms with Gasteiger partial charge in [0.2, 0.25) is 0 Å². The lowest BCUT2D eigenvalue weighted by molar-refractivity contribution is 0.253. The van der Waals surface area contributed by atoms with E-state index in [0.717, 1.165) is 11.7 Å². The van der Waals surface area contributed by atoms with E-state index < -0.39 is 0 Å². The van der Waals surface area contributed by atoms with Crippen molar-refractivity contribution in [2.75, 3.05) is 5.32 Å². The monoisotopic (exact) mass is 239 g/mol. The molecule has 1 aromatic heterocycles. The maximum absolute atomic E-state index is 5.99. The molecule has 1 saturated carbocycles. The Morgan fingerprint density at radius 2 is 2.00 bits per heavy atom. The van der Waals surface area contributed by atoms with Crippen molar-refractivity contribution in [2.24, 2.45) is 11.8 Å². The Labute approximate surface area is 102 Å². The lowest BCUT2D eigenvalue weighted by Crippen LogP contribution is -2.35. The largest absolute Gasteiger partial charge is 0.365 e. The highest BCUT2D eigenvalue weighted by Crippen LogP contribution is 2.32. The van der Waals surface area contributed by atoms with Crippen molar-refractivity contribution in [3.8, 4) is 0 Å². The first-order valence-corrected chi connectivity index (χ1v) is 6.29. The molecular weight excluding hydrogens is 222 g/mol. The van der Waals surface area contributed by atoms with Gasteiger partial charge in [-0.05, 0) is 18.3 Å². The fraction of sp³-hybridized carbons (Fsp3) is 0.667. The minimum Gasteiger partial charge on any atom is -0.365 e. The highest BCUT2D eigenvalue weighted by molar-refractivity contribution is 6.31. The summed E-state index contributed by atoms with van der Waals surface area (Å²) in [7, 11) is 0. The van der Waals surface area contributed by atoms with Gasteiger partial charge in [0.15, 0.2) is 11.0 Å². The van der Waals surface area contributed by atoms with E-state index in [1.54, 1.807) is 12.4 Å². The smallest absolute Gasteiger partial charge is 0.171 e. The van der Waals surface area contributed by atoms with Crippen molar-refractivity contribution in [1.82, 2.24) is 9.97 Å². The van der Waals surface area contributed by atoms with E-state index in [-0.39, 0.29) is 0 Å². The molecule has 1 aliphatic rings. The van der Waals surface area contributed by atoms with Crippen molar-refractivity contribution < 1.29 is 0 Å². The van der Waals surface area contributed by atoms with Crippen LogP contribution in [0, 0.1) is 11.8 Å². The molecule has 4 heteroatoms. The average Bonchev–Trinajstić information content (AvgIpc) is 2.28. The molecule has 3 nitrogen and oxygen atoms in total. The predicted molar refractivity (Wildman–Crippen MR) is 66.6 cm³/mol. The molecule has 0 aromatic carbocycles. The van der Waals surface area contributed by atoms with Gasteiger partial charge in [0.1, 0.15) is 0 Å². The summed E-state index contributed by atoms with van der Waals surface area (Å²) in [6, 6.07) is 0.470. The fourth-order valence-electron chi connectivity index (χ4n) is 2.38. The van der Waals surface area contributed by atoms with Gasteiger partial charge < -0.3 is 5.32 Å². The Kier molecular flexibility index (Phi) is 3.64. The molecule has 2 rings (SSSR count). The van der Waals surface area contributed by atoms with Crippen LogP contribution < -0.4 is 5.32 Å². The Morgan fingerprint density at radius 1 is 1.25 bits per heavy atom. The van der Waals surface area contributed by atoms with Crippen LogP contribution in [0.4, 0.5) is 5.82 Å². The molecule has 1 fully saturated rings. The number of aromatic nitrogens is 2. The minimum absolute atomic E-state index is 0.466. The van der Waals surface area contributed by atoms with Gasteiger partial charge >= 0.3 is 0 Å². The molecule has 1 aromatic rings. The number of hydrogen-bond acceptors (Lipinski definition) is 3. The summed E-state index contributed by atoms with van der Waals surface area (Å²) in [6.45, 7) is 4.61. The fourth-order valence-corrected chi connectivity index (χ4v) is 2.54. The van der Waals surface area contributed by atoms with Crippen molar-refractivity contribution in [2.45, 2.75) is 39.2 Å². The van der Waals surface area contributed by atoms with Crippen molar-refractivity contribution in [3.63, 3.8) is 0 Å². The summed E-state index contributed by atoms with van der Waals surface area (Å²) in [6.07, 6.45) is 7.08. The number of nitrogens with zero attached hydrogens (tertiary/aromatic N) is 2. The summed E-state index contributed by atoms with van der Waals surface area (Å²) in [5, 5.41) is 3.89. The molecular formula is C12H18ClN3. The van der Waals surface area contributed by atoms with Gasteiger partial charge in [-0.3, -0.25) is 0 Å². The lowest BCUT2D eigenvalue weighted by Gasteiger charge is -2.34. The van der Waals surface area contributed by atoms with Crippen LogP contribution in [0.25, 0.3) is 0 Å². The molecule has 0 radical (unpaired) electrons. The number of nitrogens with one attached hydrogen (secondary N) is 1. The summed E-state index contributed by atoms with van der Waals surface area (Å²) in [5.74, 6) is 2.14. The van der Waals surface area contributed by atoms with E-state index in [2.05, 4.69) is 29.1 Å². The first-order chi connectivity index (χ1) is 7.68. The lowest BCUT2D eigenvalue weighted by atomic mass is 9.78. The van der Waals surface area contributed by atoms with Crippen LogP contribution in [0.3, 0.4) is 0 Å². The Hall–Kier alpha value is -0.830. The van der Waals surface area contributed by atoms with Crippen LogP contribution in [0.15, 0.2) is 12.4 Å².